The van der Waals surface area contributed by atoms with Gasteiger partial charge < -0.3 is 0 Å². The van der Waals surface area contributed by atoms with Crippen LogP contribution in [-0.4, -0.2) is 19.9 Å². The van der Waals surface area contributed by atoms with Gasteiger partial charge >= 0.3 is 0 Å². The molecule has 1 saturated carbocycles. The van der Waals surface area contributed by atoms with Crippen molar-refractivity contribution in [3.05, 3.63) is 32.8 Å². The zero-order chi connectivity index (χ0) is 14.2. The third kappa shape index (κ3) is 3.31. The summed E-state index contributed by atoms with van der Waals surface area (Å²) in [6, 6.07) is 3.87. The van der Waals surface area contributed by atoms with Crippen LogP contribution in [0.5, 0.6) is 0 Å². The number of sulfonamides is 1. The molecule has 0 aliphatic heterocycles. The molecule has 6 nitrogen and oxygen atoms in total. The van der Waals surface area contributed by atoms with E-state index in [1.807, 2.05) is 6.92 Å². The third-order valence-corrected chi connectivity index (χ3v) is 5.17. The molecule has 0 amide bonds. The fraction of sp³-hybridized carbons (Fsp3) is 0.455. The summed E-state index contributed by atoms with van der Waals surface area (Å²) in [5.74, 6) is 0.848. The average molecular weight is 349 g/mol. The van der Waals surface area contributed by atoms with Crippen LogP contribution in [0.4, 0.5) is 5.69 Å². The van der Waals surface area contributed by atoms with Crippen LogP contribution in [-0.2, 0) is 10.0 Å². The number of hydrogen-bond donors (Lipinski definition) is 1. The van der Waals surface area contributed by atoms with Crippen molar-refractivity contribution in [2.45, 2.75) is 18.2 Å². The fourth-order valence-corrected chi connectivity index (χ4v) is 3.63. The van der Waals surface area contributed by atoms with Crippen LogP contribution in [0, 0.1) is 22.0 Å². The molecule has 2 atom stereocenters. The molecule has 8 heteroatoms. The van der Waals surface area contributed by atoms with Gasteiger partial charge in [0.15, 0.2) is 4.90 Å². The molecule has 1 aliphatic carbocycles. The minimum atomic E-state index is -3.86. The molecule has 0 heterocycles. The molecular weight excluding hydrogens is 336 g/mol. The van der Waals surface area contributed by atoms with Crippen LogP contribution in [0.15, 0.2) is 27.6 Å². The molecule has 1 aromatic carbocycles. The van der Waals surface area contributed by atoms with Gasteiger partial charge in [-0.25, -0.2) is 13.1 Å². The normalized spacial score (nSPS) is 22.2. The summed E-state index contributed by atoms with van der Waals surface area (Å²) in [7, 11) is -3.86. The van der Waals surface area contributed by atoms with Crippen LogP contribution >= 0.6 is 15.9 Å². The van der Waals surface area contributed by atoms with Crippen molar-refractivity contribution >= 4 is 31.6 Å². The van der Waals surface area contributed by atoms with Gasteiger partial charge in [0, 0.05) is 17.1 Å². The van der Waals surface area contributed by atoms with E-state index in [1.165, 1.54) is 18.2 Å². The lowest BCUT2D eigenvalue weighted by Gasteiger charge is -2.07. The van der Waals surface area contributed by atoms with E-state index < -0.39 is 20.6 Å². The van der Waals surface area contributed by atoms with Gasteiger partial charge in [0.25, 0.3) is 5.69 Å². The Balaban J connectivity index is 2.28. The molecule has 1 aliphatic rings. The maximum absolute atomic E-state index is 12.1. The van der Waals surface area contributed by atoms with Gasteiger partial charge in [-0.05, 0) is 30.4 Å². The van der Waals surface area contributed by atoms with Crippen molar-refractivity contribution in [3.63, 3.8) is 0 Å². The summed E-state index contributed by atoms with van der Waals surface area (Å²) < 4.78 is 27.1. The molecule has 0 spiro atoms. The molecule has 1 fully saturated rings. The number of halogens is 1. The largest absolute Gasteiger partial charge is 0.289 e. The second kappa shape index (κ2) is 5.18. The molecular formula is C11H13BrN2O4S. The molecule has 2 rings (SSSR count). The number of rotatable bonds is 5. The van der Waals surface area contributed by atoms with Crippen molar-refractivity contribution in [1.82, 2.24) is 4.72 Å². The first-order valence-corrected chi connectivity index (χ1v) is 8.02. The number of benzene rings is 1. The van der Waals surface area contributed by atoms with Crippen LogP contribution in [0.25, 0.3) is 0 Å². The Bertz CT molecular complexity index is 617. The topological polar surface area (TPSA) is 89.3 Å². The second-order valence-electron chi connectivity index (χ2n) is 4.69. The van der Waals surface area contributed by atoms with Crippen molar-refractivity contribution in [2.75, 3.05) is 6.54 Å². The van der Waals surface area contributed by atoms with Crippen LogP contribution in [0.3, 0.4) is 0 Å². The molecule has 0 radical (unpaired) electrons. The van der Waals surface area contributed by atoms with Gasteiger partial charge in [0.05, 0.1) is 4.92 Å². The van der Waals surface area contributed by atoms with E-state index in [9.17, 15) is 18.5 Å². The number of nitrogens with zero attached hydrogens (tertiary/aromatic N) is 1. The van der Waals surface area contributed by atoms with E-state index in [4.69, 9.17) is 0 Å². The van der Waals surface area contributed by atoms with E-state index in [-0.39, 0.29) is 4.90 Å². The van der Waals surface area contributed by atoms with Crippen molar-refractivity contribution < 1.29 is 13.3 Å². The lowest BCUT2D eigenvalue weighted by Crippen LogP contribution is -2.26. The van der Waals surface area contributed by atoms with Crippen LogP contribution < -0.4 is 4.72 Å². The standard InChI is InChI=1S/C11H13BrN2O4S/c1-7-4-8(7)6-13-19(17,18)11-5-9(12)2-3-10(11)14(15)16/h2-3,5,7-8,13H,4,6H2,1H3. The van der Waals surface area contributed by atoms with E-state index >= 15 is 0 Å². The minimum absolute atomic E-state index is 0.305. The van der Waals surface area contributed by atoms with Gasteiger partial charge in [-0.2, -0.15) is 0 Å². The zero-order valence-electron chi connectivity index (χ0n) is 10.2. The van der Waals surface area contributed by atoms with Gasteiger partial charge in [-0.1, -0.05) is 22.9 Å². The molecule has 1 N–H and O–H groups in total. The van der Waals surface area contributed by atoms with Crippen molar-refractivity contribution in [3.8, 4) is 0 Å². The Labute approximate surface area is 119 Å². The number of nitrogens with one attached hydrogen (secondary N) is 1. The Morgan fingerprint density at radius 1 is 1.53 bits per heavy atom. The van der Waals surface area contributed by atoms with Gasteiger partial charge in [-0.15, -0.1) is 0 Å². The minimum Gasteiger partial charge on any atom is -0.258 e. The first kappa shape index (κ1) is 14.4. The van der Waals surface area contributed by atoms with Crippen molar-refractivity contribution in [1.29, 1.82) is 0 Å². The Hall–Kier alpha value is -0.990. The first-order chi connectivity index (χ1) is 8.81. The highest BCUT2D eigenvalue weighted by atomic mass is 79.9. The number of nitro benzene ring substituents is 1. The van der Waals surface area contributed by atoms with Crippen LogP contribution in [0.2, 0.25) is 0 Å². The maximum atomic E-state index is 12.1. The molecule has 2 unspecified atom stereocenters. The summed E-state index contributed by atoms with van der Waals surface area (Å²) in [5.41, 5.74) is -0.417. The first-order valence-electron chi connectivity index (χ1n) is 5.75. The Kier molecular flexibility index (Phi) is 3.93. The maximum Gasteiger partial charge on any atom is 0.289 e. The second-order valence-corrected chi connectivity index (χ2v) is 7.35. The summed E-state index contributed by atoms with van der Waals surface area (Å²) >= 11 is 3.13. The fourth-order valence-electron chi connectivity index (χ4n) is 1.83. The molecule has 0 aromatic heterocycles. The highest BCUT2D eigenvalue weighted by Gasteiger charge is 2.34. The average Bonchev–Trinajstić information content (AvgIpc) is 3.02. The monoisotopic (exact) mass is 348 g/mol. The number of nitro groups is 1. The molecule has 0 saturated heterocycles. The Morgan fingerprint density at radius 3 is 2.68 bits per heavy atom. The predicted octanol–water partition coefficient (Wildman–Crippen LogP) is 2.29. The molecule has 19 heavy (non-hydrogen) atoms. The third-order valence-electron chi connectivity index (χ3n) is 3.22. The smallest absolute Gasteiger partial charge is 0.258 e. The molecule has 104 valence electrons. The van der Waals surface area contributed by atoms with E-state index in [2.05, 4.69) is 20.7 Å². The summed E-state index contributed by atoms with van der Waals surface area (Å²) in [6.45, 7) is 2.37. The quantitative estimate of drug-likeness (QED) is 0.652. The zero-order valence-corrected chi connectivity index (χ0v) is 12.6. The van der Waals surface area contributed by atoms with Crippen molar-refractivity contribution in [2.24, 2.45) is 11.8 Å². The predicted molar refractivity (Wildman–Crippen MR) is 73.3 cm³/mol. The van der Waals surface area contributed by atoms with E-state index in [0.29, 0.717) is 22.9 Å². The molecule has 1 aromatic rings. The summed E-state index contributed by atoms with van der Waals surface area (Å²) in [4.78, 5) is 9.88. The van der Waals surface area contributed by atoms with E-state index in [1.54, 1.807) is 0 Å². The lowest BCUT2D eigenvalue weighted by molar-refractivity contribution is -0.387. The van der Waals surface area contributed by atoms with Gasteiger partial charge in [0.2, 0.25) is 10.0 Å². The summed E-state index contributed by atoms with van der Waals surface area (Å²) in [6.07, 6.45) is 0.989. The van der Waals surface area contributed by atoms with Gasteiger partial charge in [0.1, 0.15) is 0 Å². The molecule has 0 bridgehead atoms. The SMILES string of the molecule is CC1CC1CNS(=O)(=O)c1cc(Br)ccc1[N+](=O)[O-]. The van der Waals surface area contributed by atoms with E-state index in [0.717, 1.165) is 6.42 Å². The van der Waals surface area contributed by atoms with Crippen LogP contribution in [0.1, 0.15) is 13.3 Å². The Morgan fingerprint density at radius 2 is 2.16 bits per heavy atom. The lowest BCUT2D eigenvalue weighted by atomic mass is 10.3. The van der Waals surface area contributed by atoms with Gasteiger partial charge in [-0.3, -0.25) is 10.1 Å². The summed E-state index contributed by atoms with van der Waals surface area (Å²) in [5, 5.41) is 10.9. The number of hydrogen-bond acceptors (Lipinski definition) is 4. The highest BCUT2D eigenvalue weighted by molar-refractivity contribution is 9.10. The highest BCUT2D eigenvalue weighted by Crippen LogP contribution is 2.37.